The normalized spacial score (nSPS) is 15.3. The first-order chi connectivity index (χ1) is 17.4. The molecule has 1 aliphatic heterocycles. The summed E-state index contributed by atoms with van der Waals surface area (Å²) in [4.78, 5) is 26.2. The number of carbonyl (C=O) groups excluding carboxylic acids is 2. The molecule has 6 nitrogen and oxygen atoms in total. The van der Waals surface area contributed by atoms with E-state index in [-0.39, 0.29) is 22.4 Å². The zero-order valence-corrected chi connectivity index (χ0v) is 26.7. The summed E-state index contributed by atoms with van der Waals surface area (Å²) < 4.78 is 12.8. The highest BCUT2D eigenvalue weighted by Gasteiger charge is 2.39. The van der Waals surface area contributed by atoms with E-state index in [1.165, 1.54) is 35.8 Å². The Labute approximate surface area is 238 Å². The van der Waals surface area contributed by atoms with Crippen LogP contribution in [0.3, 0.4) is 0 Å². The fraction of sp³-hybridized carbons (Fsp3) is 0.481. The van der Waals surface area contributed by atoms with Crippen LogP contribution in [0, 0.1) is 0 Å². The van der Waals surface area contributed by atoms with Gasteiger partial charge in [0.25, 0.3) is 0 Å². The SMILES string of the molecule is COC(=O)c1ccc(CCN2C(=O)SC=CN2CC[C@H](Cc2cccc(Br)c2)O[Si](C)(C)C(C)(C)C)s1. The molecule has 37 heavy (non-hydrogen) atoms. The molecule has 1 aromatic carbocycles. The summed E-state index contributed by atoms with van der Waals surface area (Å²) in [6, 6.07) is 12.1. The van der Waals surface area contributed by atoms with Crippen molar-refractivity contribution in [2.45, 2.75) is 64.3 Å². The Morgan fingerprint density at radius 3 is 2.59 bits per heavy atom. The molecule has 3 rings (SSSR count). The molecule has 0 bridgehead atoms. The number of methoxy groups -OCH3 is 1. The van der Waals surface area contributed by atoms with Gasteiger partial charge in [0.05, 0.1) is 13.2 Å². The van der Waals surface area contributed by atoms with E-state index in [2.05, 4.69) is 68.0 Å². The van der Waals surface area contributed by atoms with Crippen LogP contribution < -0.4 is 0 Å². The Morgan fingerprint density at radius 1 is 1.16 bits per heavy atom. The van der Waals surface area contributed by atoms with Crippen molar-refractivity contribution < 1.29 is 18.8 Å². The Morgan fingerprint density at radius 2 is 1.92 bits per heavy atom. The van der Waals surface area contributed by atoms with Crippen LogP contribution in [-0.2, 0) is 22.0 Å². The topological polar surface area (TPSA) is 59.1 Å². The second-order valence-corrected chi connectivity index (χ2v) is 18.3. The molecule has 0 saturated heterocycles. The van der Waals surface area contributed by atoms with Crippen LogP contribution in [0.4, 0.5) is 4.79 Å². The van der Waals surface area contributed by atoms with Crippen molar-refractivity contribution in [3.8, 4) is 0 Å². The Bertz CT molecular complexity index is 1120. The molecule has 2 heterocycles. The maximum Gasteiger partial charge on any atom is 0.348 e. The van der Waals surface area contributed by atoms with Crippen molar-refractivity contribution in [1.29, 1.82) is 0 Å². The van der Waals surface area contributed by atoms with Crippen LogP contribution in [0.15, 0.2) is 52.5 Å². The third-order valence-corrected chi connectivity index (χ3v) is 13.7. The number of benzene rings is 1. The summed E-state index contributed by atoms with van der Waals surface area (Å²) in [7, 11) is -0.608. The van der Waals surface area contributed by atoms with E-state index in [1.54, 1.807) is 11.1 Å². The molecule has 0 radical (unpaired) electrons. The van der Waals surface area contributed by atoms with Crippen molar-refractivity contribution in [1.82, 2.24) is 10.0 Å². The largest absolute Gasteiger partial charge is 0.465 e. The highest BCUT2D eigenvalue weighted by Crippen LogP contribution is 2.38. The smallest absolute Gasteiger partial charge is 0.348 e. The fourth-order valence-corrected chi connectivity index (χ4v) is 7.14. The first-order valence-corrected chi connectivity index (χ1v) is 17.8. The van der Waals surface area contributed by atoms with E-state index in [0.717, 1.165) is 22.2 Å². The third kappa shape index (κ3) is 8.45. The molecule has 10 heteroatoms. The zero-order chi connectivity index (χ0) is 27.2. The first kappa shape index (κ1) is 30.0. The lowest BCUT2D eigenvalue weighted by molar-refractivity contribution is 0.0566. The minimum absolute atomic E-state index is 0.00102. The van der Waals surface area contributed by atoms with Gasteiger partial charge in [-0.2, -0.15) is 0 Å². The van der Waals surface area contributed by atoms with E-state index in [9.17, 15) is 9.59 Å². The number of thioether (sulfide) groups is 1. The Kier molecular flexibility index (Phi) is 10.5. The van der Waals surface area contributed by atoms with E-state index < -0.39 is 8.32 Å². The number of halogens is 1. The predicted molar refractivity (Wildman–Crippen MR) is 159 cm³/mol. The van der Waals surface area contributed by atoms with Crippen LogP contribution in [-0.4, -0.2) is 55.8 Å². The summed E-state index contributed by atoms with van der Waals surface area (Å²) in [5.74, 6) is -0.330. The van der Waals surface area contributed by atoms with Crippen molar-refractivity contribution in [2.24, 2.45) is 0 Å². The number of amides is 1. The quantitative estimate of drug-likeness (QED) is 0.188. The zero-order valence-electron chi connectivity index (χ0n) is 22.5. The van der Waals surface area contributed by atoms with E-state index >= 15 is 0 Å². The molecule has 2 aromatic rings. The highest BCUT2D eigenvalue weighted by atomic mass is 79.9. The van der Waals surface area contributed by atoms with Gasteiger partial charge in [-0.25, -0.2) is 9.80 Å². The number of thiophene rings is 1. The van der Waals surface area contributed by atoms with Crippen LogP contribution in [0.1, 0.15) is 47.3 Å². The number of rotatable bonds is 11. The second-order valence-electron chi connectivity index (χ2n) is 10.6. The minimum atomic E-state index is -1.99. The lowest BCUT2D eigenvalue weighted by Crippen LogP contribution is -2.47. The van der Waals surface area contributed by atoms with Gasteiger partial charge in [-0.15, -0.1) is 11.3 Å². The van der Waals surface area contributed by atoms with Gasteiger partial charge >= 0.3 is 11.2 Å². The fourth-order valence-electron chi connectivity index (χ4n) is 3.76. The summed E-state index contributed by atoms with van der Waals surface area (Å²) in [6.07, 6.45) is 4.29. The van der Waals surface area contributed by atoms with Crippen LogP contribution >= 0.6 is 39.0 Å². The molecule has 0 unspecified atom stereocenters. The third-order valence-electron chi connectivity index (χ3n) is 6.84. The molecule has 1 aliphatic rings. The van der Waals surface area contributed by atoms with Crippen molar-refractivity contribution >= 4 is 58.6 Å². The number of nitrogens with zero attached hydrogens (tertiary/aromatic N) is 2. The molecule has 0 aliphatic carbocycles. The minimum Gasteiger partial charge on any atom is -0.465 e. The number of ether oxygens (including phenoxy) is 1. The molecule has 1 atom stereocenters. The summed E-state index contributed by atoms with van der Waals surface area (Å²) >= 11 is 6.20. The molecular weight excluding hydrogens is 588 g/mol. The van der Waals surface area contributed by atoms with Gasteiger partial charge in [0, 0.05) is 35.1 Å². The second kappa shape index (κ2) is 13.0. The van der Waals surface area contributed by atoms with Crippen molar-refractivity contribution in [3.05, 3.63) is 67.8 Å². The van der Waals surface area contributed by atoms with Crippen LogP contribution in [0.5, 0.6) is 0 Å². The number of hydrazine groups is 1. The number of esters is 1. The molecule has 1 aromatic heterocycles. The molecule has 202 valence electrons. The van der Waals surface area contributed by atoms with E-state index in [4.69, 9.17) is 9.16 Å². The molecule has 0 fully saturated rings. The summed E-state index contributed by atoms with van der Waals surface area (Å²) in [5, 5.41) is 5.76. The molecule has 0 saturated carbocycles. The predicted octanol–water partition coefficient (Wildman–Crippen LogP) is 7.72. The lowest BCUT2D eigenvalue weighted by atomic mass is 10.1. The maximum atomic E-state index is 12.8. The van der Waals surface area contributed by atoms with Gasteiger partial charge in [0.2, 0.25) is 0 Å². The lowest BCUT2D eigenvalue weighted by Gasteiger charge is -2.41. The Hall–Kier alpha value is -1.59. The molecular formula is C27H37BrN2O4S2Si. The van der Waals surface area contributed by atoms with Crippen molar-refractivity contribution in [3.63, 3.8) is 0 Å². The Balaban J connectivity index is 1.70. The monoisotopic (exact) mass is 624 g/mol. The van der Waals surface area contributed by atoms with Gasteiger partial charge in [-0.05, 0) is 78.0 Å². The molecule has 0 N–H and O–H groups in total. The summed E-state index contributed by atoms with van der Waals surface area (Å²) in [5.41, 5.74) is 1.23. The van der Waals surface area contributed by atoms with Gasteiger partial charge in [0.15, 0.2) is 8.32 Å². The van der Waals surface area contributed by atoms with Crippen molar-refractivity contribution in [2.75, 3.05) is 20.2 Å². The van der Waals surface area contributed by atoms with Crippen LogP contribution in [0.2, 0.25) is 18.1 Å². The first-order valence-electron chi connectivity index (χ1n) is 12.4. The standard InChI is InChI=1S/C27H37BrN2O4S2Si/c1-27(2,3)37(5,6)34-22(19-20-8-7-9-21(28)18-20)12-14-29-16-17-35-26(32)30(29)15-13-23-10-11-24(36-23)25(31)33-4/h7-11,16-18,22H,12-15,19H2,1-6H3/t22-/m1/s1. The van der Waals surface area contributed by atoms with E-state index in [1.807, 2.05) is 28.7 Å². The van der Waals surface area contributed by atoms with E-state index in [0.29, 0.717) is 24.4 Å². The van der Waals surface area contributed by atoms with Gasteiger partial charge < -0.3 is 9.16 Å². The highest BCUT2D eigenvalue weighted by molar-refractivity contribution is 9.10. The average molecular weight is 626 g/mol. The van der Waals surface area contributed by atoms with Gasteiger partial charge in [-0.3, -0.25) is 9.80 Å². The molecule has 0 spiro atoms. The molecule has 1 amide bonds. The van der Waals surface area contributed by atoms with Gasteiger partial charge in [-0.1, -0.05) is 48.8 Å². The summed E-state index contributed by atoms with van der Waals surface area (Å²) in [6.45, 7) is 12.6. The average Bonchev–Trinajstić information content (AvgIpc) is 3.29. The number of hydrogen-bond acceptors (Lipinski definition) is 7. The van der Waals surface area contributed by atoms with Crippen LogP contribution in [0.25, 0.3) is 0 Å². The number of hydrogen-bond donors (Lipinski definition) is 0. The van der Waals surface area contributed by atoms with Gasteiger partial charge in [0.1, 0.15) is 4.88 Å². The maximum absolute atomic E-state index is 12.8. The number of carbonyl (C=O) groups is 2.